The highest BCUT2D eigenvalue weighted by atomic mass is 16.6. The molecule has 4 rings (SSSR count). The molecule has 5 heteroatoms. The molecule has 0 unspecified atom stereocenters. The van der Waals surface area contributed by atoms with E-state index in [1.807, 2.05) is 31.7 Å². The number of nitrogens with zero attached hydrogens (tertiary/aromatic N) is 1. The Balaban J connectivity index is 1.72. The fourth-order valence-corrected chi connectivity index (χ4v) is 7.35. The molecule has 1 amide bonds. The lowest BCUT2D eigenvalue weighted by atomic mass is 9.49. The van der Waals surface area contributed by atoms with Crippen LogP contribution in [0.15, 0.2) is 11.8 Å². The predicted octanol–water partition coefficient (Wildman–Crippen LogP) is 4.33. The molecule has 1 saturated heterocycles. The van der Waals surface area contributed by atoms with Gasteiger partial charge in [0.15, 0.2) is 0 Å². The summed E-state index contributed by atoms with van der Waals surface area (Å²) in [6.45, 7) is 11.3. The van der Waals surface area contributed by atoms with Gasteiger partial charge in [0, 0.05) is 24.3 Å². The maximum absolute atomic E-state index is 13.2. The van der Waals surface area contributed by atoms with Crippen molar-refractivity contribution in [1.82, 2.24) is 4.90 Å². The number of rotatable bonds is 1. The molecular weight excluding hydrogens is 366 g/mol. The molecule has 1 heterocycles. The average molecular weight is 406 g/mol. The number of hydrogen-bond donors (Lipinski definition) is 2. The molecule has 7 atom stereocenters. The Morgan fingerprint density at radius 3 is 2.55 bits per heavy atom. The first kappa shape index (κ1) is 21.2. The van der Waals surface area contributed by atoms with Crippen LogP contribution in [0.25, 0.3) is 0 Å². The summed E-state index contributed by atoms with van der Waals surface area (Å²) in [5.74, 6) is 1.86. The van der Waals surface area contributed by atoms with Gasteiger partial charge in [-0.3, -0.25) is 4.90 Å². The summed E-state index contributed by atoms with van der Waals surface area (Å²) in [6, 6.07) is 0. The van der Waals surface area contributed by atoms with E-state index in [2.05, 4.69) is 13.8 Å². The van der Waals surface area contributed by atoms with Crippen LogP contribution in [-0.2, 0) is 4.74 Å². The number of piperidine rings is 1. The SMILES string of the molecule is CC(C)(C)OC(=O)N1C[C@H]2[C@@H]3CC[C@H](CO)[C@@]3(C)CC[C@@H]2[C@@]2(C)CC[C@H](O)C=C12. The second-order valence-corrected chi connectivity index (χ2v) is 11.5. The highest BCUT2D eigenvalue weighted by Gasteiger charge is 2.61. The Hall–Kier alpha value is -1.07. The van der Waals surface area contributed by atoms with Gasteiger partial charge in [0.2, 0.25) is 0 Å². The Labute approximate surface area is 175 Å². The van der Waals surface area contributed by atoms with Crippen molar-refractivity contribution >= 4 is 6.09 Å². The molecule has 3 fully saturated rings. The Bertz CT molecular complexity index is 697. The van der Waals surface area contributed by atoms with Crippen molar-refractivity contribution in [3.63, 3.8) is 0 Å². The van der Waals surface area contributed by atoms with Gasteiger partial charge in [0.25, 0.3) is 0 Å². The molecule has 0 aromatic heterocycles. The van der Waals surface area contributed by atoms with Crippen LogP contribution >= 0.6 is 0 Å². The van der Waals surface area contributed by atoms with E-state index in [-0.39, 0.29) is 23.5 Å². The van der Waals surface area contributed by atoms with E-state index in [4.69, 9.17) is 4.74 Å². The van der Waals surface area contributed by atoms with Crippen molar-refractivity contribution in [2.75, 3.05) is 13.2 Å². The number of ether oxygens (including phenoxy) is 1. The van der Waals surface area contributed by atoms with Crippen molar-refractivity contribution in [2.24, 2.45) is 34.5 Å². The van der Waals surface area contributed by atoms with Gasteiger partial charge >= 0.3 is 6.09 Å². The molecule has 1 aliphatic heterocycles. The van der Waals surface area contributed by atoms with Crippen LogP contribution in [0.3, 0.4) is 0 Å². The number of likely N-dealkylation sites (tertiary alicyclic amines) is 1. The van der Waals surface area contributed by atoms with E-state index < -0.39 is 11.7 Å². The molecule has 4 aliphatic rings. The molecular formula is C24H39NO4. The summed E-state index contributed by atoms with van der Waals surface area (Å²) >= 11 is 0. The average Bonchev–Trinajstić information content (AvgIpc) is 2.97. The Morgan fingerprint density at radius 1 is 1.17 bits per heavy atom. The normalized spacial score (nSPS) is 44.4. The molecule has 5 nitrogen and oxygen atoms in total. The third-order valence-corrected chi connectivity index (χ3v) is 8.87. The second kappa shape index (κ2) is 6.98. The van der Waals surface area contributed by atoms with Gasteiger partial charge in [0.1, 0.15) is 5.60 Å². The monoisotopic (exact) mass is 405 g/mol. The molecule has 3 aliphatic carbocycles. The Morgan fingerprint density at radius 2 is 1.90 bits per heavy atom. The topological polar surface area (TPSA) is 70.0 Å². The zero-order valence-electron chi connectivity index (χ0n) is 18.8. The van der Waals surface area contributed by atoms with Crippen molar-refractivity contribution in [3.8, 4) is 0 Å². The molecule has 2 saturated carbocycles. The van der Waals surface area contributed by atoms with Crippen molar-refractivity contribution in [2.45, 2.75) is 84.8 Å². The van der Waals surface area contributed by atoms with Gasteiger partial charge in [-0.05, 0) is 94.5 Å². The molecule has 0 radical (unpaired) electrons. The first-order valence-corrected chi connectivity index (χ1v) is 11.5. The zero-order chi connectivity index (χ0) is 21.2. The smallest absolute Gasteiger partial charge is 0.414 e. The summed E-state index contributed by atoms with van der Waals surface area (Å²) in [7, 11) is 0. The lowest BCUT2D eigenvalue weighted by molar-refractivity contribution is -0.0877. The predicted molar refractivity (Wildman–Crippen MR) is 112 cm³/mol. The summed E-state index contributed by atoms with van der Waals surface area (Å²) in [6.07, 6.45) is 7.34. The van der Waals surface area contributed by atoms with Crippen molar-refractivity contribution in [3.05, 3.63) is 11.8 Å². The number of aliphatic hydroxyl groups excluding tert-OH is 2. The zero-order valence-corrected chi connectivity index (χ0v) is 18.8. The minimum absolute atomic E-state index is 0.0995. The van der Waals surface area contributed by atoms with E-state index in [1.54, 1.807) is 0 Å². The lowest BCUT2D eigenvalue weighted by Crippen LogP contribution is -2.59. The van der Waals surface area contributed by atoms with Crippen molar-refractivity contribution < 1.29 is 19.7 Å². The fourth-order valence-electron chi connectivity index (χ4n) is 7.35. The van der Waals surface area contributed by atoms with Crippen LogP contribution in [0.2, 0.25) is 0 Å². The number of aliphatic hydroxyl groups is 2. The molecule has 164 valence electrons. The van der Waals surface area contributed by atoms with Crippen LogP contribution in [0, 0.1) is 34.5 Å². The Kier molecular flexibility index (Phi) is 5.10. The number of allylic oxidation sites excluding steroid dienone is 1. The number of carbonyl (C=O) groups excluding carboxylic acids is 1. The molecule has 0 bridgehead atoms. The molecule has 0 aromatic carbocycles. The summed E-state index contributed by atoms with van der Waals surface area (Å²) in [4.78, 5) is 15.1. The first-order valence-electron chi connectivity index (χ1n) is 11.5. The van der Waals surface area contributed by atoms with Gasteiger partial charge in [-0.2, -0.15) is 0 Å². The number of carbonyl (C=O) groups is 1. The quantitative estimate of drug-likeness (QED) is 0.681. The van der Waals surface area contributed by atoms with Gasteiger partial charge in [0.05, 0.1) is 6.10 Å². The van der Waals surface area contributed by atoms with E-state index in [0.717, 1.165) is 44.2 Å². The number of hydrogen-bond acceptors (Lipinski definition) is 4. The summed E-state index contributed by atoms with van der Waals surface area (Å²) in [5.41, 5.74) is 0.500. The molecule has 0 spiro atoms. The van der Waals surface area contributed by atoms with Crippen molar-refractivity contribution in [1.29, 1.82) is 0 Å². The molecule has 29 heavy (non-hydrogen) atoms. The summed E-state index contributed by atoms with van der Waals surface area (Å²) in [5, 5.41) is 20.3. The minimum atomic E-state index is -0.547. The van der Waals surface area contributed by atoms with Crippen LogP contribution in [-0.4, -0.2) is 46.1 Å². The molecule has 0 aromatic rings. The van der Waals surface area contributed by atoms with Gasteiger partial charge in [-0.25, -0.2) is 4.79 Å². The second-order valence-electron chi connectivity index (χ2n) is 11.5. The van der Waals surface area contributed by atoms with Crippen LogP contribution < -0.4 is 0 Å². The minimum Gasteiger partial charge on any atom is -0.443 e. The fraction of sp³-hybridized carbons (Fsp3) is 0.875. The first-order chi connectivity index (χ1) is 13.5. The highest BCUT2D eigenvalue weighted by molar-refractivity contribution is 5.71. The van der Waals surface area contributed by atoms with E-state index >= 15 is 0 Å². The van der Waals surface area contributed by atoms with Crippen LogP contribution in [0.1, 0.15) is 73.1 Å². The largest absolute Gasteiger partial charge is 0.443 e. The maximum atomic E-state index is 13.2. The molecule has 2 N–H and O–H groups in total. The number of fused-ring (bicyclic) bond motifs is 5. The third-order valence-electron chi connectivity index (χ3n) is 8.87. The van der Waals surface area contributed by atoms with Gasteiger partial charge < -0.3 is 14.9 Å². The van der Waals surface area contributed by atoms with Crippen LogP contribution in [0.4, 0.5) is 4.79 Å². The van der Waals surface area contributed by atoms with E-state index in [9.17, 15) is 15.0 Å². The number of amides is 1. The highest BCUT2D eigenvalue weighted by Crippen LogP contribution is 2.65. The maximum Gasteiger partial charge on any atom is 0.414 e. The summed E-state index contributed by atoms with van der Waals surface area (Å²) < 4.78 is 5.79. The van der Waals surface area contributed by atoms with E-state index in [1.165, 1.54) is 0 Å². The third kappa shape index (κ3) is 3.33. The van der Waals surface area contributed by atoms with Gasteiger partial charge in [-0.1, -0.05) is 13.8 Å². The lowest BCUT2D eigenvalue weighted by Gasteiger charge is -2.60. The van der Waals surface area contributed by atoms with E-state index in [0.29, 0.717) is 30.2 Å². The van der Waals surface area contributed by atoms with Gasteiger partial charge in [-0.15, -0.1) is 0 Å². The standard InChI is InChI=1S/C24H39NO4/c1-22(2,3)29-21(28)25-13-17-18-7-6-15(14-26)23(18,4)11-9-19(17)24(5)10-8-16(27)12-20(24)25/h12,15-19,26-27H,6-11,13-14H2,1-5H3/t15-,16+,17+,18+,19+,23-,24-/m1/s1. The van der Waals surface area contributed by atoms with Crippen LogP contribution in [0.5, 0.6) is 0 Å².